The maximum Gasteiger partial charge on any atom is 0.329 e. The third-order valence-electron chi connectivity index (χ3n) is 3.07. The number of esters is 1. The largest absolute Gasteiger partial charge is 0.508 e. The summed E-state index contributed by atoms with van der Waals surface area (Å²) in [4.78, 5) is 12.0. The molecule has 0 radical (unpaired) electrons. The molecule has 0 heterocycles. The second kappa shape index (κ2) is 6.80. The number of phenols is 1. The van der Waals surface area contributed by atoms with Crippen LogP contribution in [0.4, 0.5) is 0 Å². The molecule has 122 valence electrons. The number of aromatic hydroxyl groups is 1. The molecule has 2 aromatic rings. The summed E-state index contributed by atoms with van der Waals surface area (Å²) in [5.41, 5.74) is 0.934. The fourth-order valence-corrected chi connectivity index (χ4v) is 2.98. The van der Waals surface area contributed by atoms with Crippen LogP contribution in [0.15, 0.2) is 53.4 Å². The Labute approximate surface area is 134 Å². The average molecular weight is 335 g/mol. The third kappa shape index (κ3) is 4.54. The number of carbonyl (C=O) groups is 1. The molecule has 0 spiro atoms. The van der Waals surface area contributed by atoms with Gasteiger partial charge in [-0.3, -0.25) is 0 Å². The van der Waals surface area contributed by atoms with Crippen LogP contribution >= 0.6 is 0 Å². The maximum atomic E-state index is 12.2. The molecular formula is C16H17NO5S. The lowest BCUT2D eigenvalue weighted by atomic mass is 10.2. The molecule has 0 aliphatic heterocycles. The standard InChI is InChI=1S/C16H17NO5S/c1-11-3-9-15(10-4-11)23(20,21)17-12(2)16(19)22-14-7-5-13(18)6-8-14/h3-10,12,17-18H,1-2H3. The van der Waals surface area contributed by atoms with Gasteiger partial charge in [0, 0.05) is 0 Å². The van der Waals surface area contributed by atoms with Crippen LogP contribution in [0, 0.1) is 6.92 Å². The topological polar surface area (TPSA) is 92.7 Å². The Morgan fingerprint density at radius 3 is 2.22 bits per heavy atom. The van der Waals surface area contributed by atoms with Crippen molar-refractivity contribution in [1.82, 2.24) is 4.72 Å². The number of hydrogen-bond donors (Lipinski definition) is 2. The molecule has 0 fully saturated rings. The summed E-state index contributed by atoms with van der Waals surface area (Å²) in [5.74, 6) is -0.488. The Bertz CT molecular complexity index is 782. The normalized spacial score (nSPS) is 12.6. The molecule has 1 atom stereocenters. The molecule has 0 aliphatic carbocycles. The van der Waals surface area contributed by atoms with Crippen LogP contribution in [-0.4, -0.2) is 25.5 Å². The van der Waals surface area contributed by atoms with Crippen LogP contribution in [0.2, 0.25) is 0 Å². The van der Waals surface area contributed by atoms with E-state index in [-0.39, 0.29) is 16.4 Å². The third-order valence-corrected chi connectivity index (χ3v) is 4.63. The number of phenolic OH excluding ortho intramolecular Hbond substituents is 1. The van der Waals surface area contributed by atoms with E-state index in [9.17, 15) is 13.2 Å². The SMILES string of the molecule is Cc1ccc(S(=O)(=O)NC(C)C(=O)Oc2ccc(O)cc2)cc1. The van der Waals surface area contributed by atoms with Gasteiger partial charge < -0.3 is 9.84 Å². The number of sulfonamides is 1. The van der Waals surface area contributed by atoms with E-state index in [1.165, 1.54) is 43.3 Å². The van der Waals surface area contributed by atoms with E-state index in [1.807, 2.05) is 6.92 Å². The quantitative estimate of drug-likeness (QED) is 0.644. The minimum Gasteiger partial charge on any atom is -0.508 e. The van der Waals surface area contributed by atoms with Crippen LogP contribution in [0.1, 0.15) is 12.5 Å². The first-order chi connectivity index (χ1) is 10.8. The fraction of sp³-hybridized carbons (Fsp3) is 0.188. The molecule has 6 nitrogen and oxygen atoms in total. The Kier molecular flexibility index (Phi) is 5.02. The van der Waals surface area contributed by atoms with E-state index in [2.05, 4.69) is 4.72 Å². The van der Waals surface area contributed by atoms with E-state index in [1.54, 1.807) is 12.1 Å². The van der Waals surface area contributed by atoms with Crippen molar-refractivity contribution < 1.29 is 23.1 Å². The van der Waals surface area contributed by atoms with Gasteiger partial charge in [0.25, 0.3) is 0 Å². The maximum absolute atomic E-state index is 12.2. The Balaban J connectivity index is 2.05. The molecule has 0 aromatic heterocycles. The highest BCUT2D eigenvalue weighted by Crippen LogP contribution is 2.17. The van der Waals surface area contributed by atoms with Gasteiger partial charge in [0.1, 0.15) is 17.5 Å². The van der Waals surface area contributed by atoms with Crippen molar-refractivity contribution in [2.45, 2.75) is 24.8 Å². The summed E-state index contributed by atoms with van der Waals surface area (Å²) in [6.45, 7) is 3.25. The highest BCUT2D eigenvalue weighted by Gasteiger charge is 2.23. The van der Waals surface area contributed by atoms with Crippen molar-refractivity contribution in [3.05, 3.63) is 54.1 Å². The summed E-state index contributed by atoms with van der Waals surface area (Å²) in [5, 5.41) is 9.17. The van der Waals surface area contributed by atoms with E-state index in [4.69, 9.17) is 9.84 Å². The zero-order valence-corrected chi connectivity index (χ0v) is 13.5. The lowest BCUT2D eigenvalue weighted by Crippen LogP contribution is -2.40. The summed E-state index contributed by atoms with van der Waals surface area (Å²) in [6, 6.07) is 10.8. The van der Waals surface area contributed by atoms with Crippen molar-refractivity contribution in [1.29, 1.82) is 0 Å². The summed E-state index contributed by atoms with van der Waals surface area (Å²) >= 11 is 0. The molecule has 0 saturated heterocycles. The van der Waals surface area contributed by atoms with E-state index < -0.39 is 22.0 Å². The van der Waals surface area contributed by atoms with Crippen molar-refractivity contribution in [3.8, 4) is 11.5 Å². The number of ether oxygens (including phenoxy) is 1. The first kappa shape index (κ1) is 17.0. The molecule has 23 heavy (non-hydrogen) atoms. The van der Waals surface area contributed by atoms with Gasteiger partial charge in [0.2, 0.25) is 10.0 Å². The van der Waals surface area contributed by atoms with Crippen LogP contribution in [-0.2, 0) is 14.8 Å². The Morgan fingerprint density at radius 2 is 1.65 bits per heavy atom. The number of carbonyl (C=O) groups excluding carboxylic acids is 1. The first-order valence-corrected chi connectivity index (χ1v) is 8.36. The number of aryl methyl sites for hydroxylation is 1. The van der Waals surface area contributed by atoms with Crippen molar-refractivity contribution in [2.75, 3.05) is 0 Å². The molecule has 0 saturated carbocycles. The summed E-state index contributed by atoms with van der Waals surface area (Å²) in [6.07, 6.45) is 0. The van der Waals surface area contributed by atoms with Crippen LogP contribution in [0.5, 0.6) is 11.5 Å². The fourth-order valence-electron chi connectivity index (χ4n) is 1.79. The van der Waals surface area contributed by atoms with Gasteiger partial charge in [-0.15, -0.1) is 0 Å². The van der Waals surface area contributed by atoms with E-state index in [0.29, 0.717) is 0 Å². The second-order valence-corrected chi connectivity index (χ2v) is 6.79. The highest BCUT2D eigenvalue weighted by atomic mass is 32.2. The van der Waals surface area contributed by atoms with Crippen LogP contribution < -0.4 is 9.46 Å². The smallest absolute Gasteiger partial charge is 0.329 e. The number of rotatable bonds is 5. The average Bonchev–Trinajstić information content (AvgIpc) is 2.49. The Hall–Kier alpha value is -2.38. The minimum atomic E-state index is -3.81. The van der Waals surface area contributed by atoms with Gasteiger partial charge >= 0.3 is 5.97 Å². The predicted octanol–water partition coefficient (Wildman–Crippen LogP) is 1.97. The number of benzene rings is 2. The summed E-state index contributed by atoms with van der Waals surface area (Å²) < 4.78 is 31.7. The van der Waals surface area contributed by atoms with Gasteiger partial charge in [0.15, 0.2) is 0 Å². The molecule has 2 N–H and O–H groups in total. The molecule has 0 amide bonds. The first-order valence-electron chi connectivity index (χ1n) is 6.87. The molecule has 0 aliphatic rings. The van der Waals surface area contributed by atoms with Crippen molar-refractivity contribution in [2.24, 2.45) is 0 Å². The Morgan fingerprint density at radius 1 is 1.09 bits per heavy atom. The lowest BCUT2D eigenvalue weighted by molar-refractivity contribution is -0.135. The zero-order valence-electron chi connectivity index (χ0n) is 12.7. The molecule has 0 bridgehead atoms. The number of hydrogen-bond acceptors (Lipinski definition) is 5. The van der Waals surface area contributed by atoms with Crippen LogP contribution in [0.3, 0.4) is 0 Å². The molecule has 2 rings (SSSR count). The minimum absolute atomic E-state index is 0.0397. The number of nitrogens with one attached hydrogen (secondary N) is 1. The molecule has 1 unspecified atom stereocenters. The van der Waals surface area contributed by atoms with Gasteiger partial charge in [0.05, 0.1) is 4.90 Å². The van der Waals surface area contributed by atoms with Gasteiger partial charge in [-0.25, -0.2) is 13.2 Å². The van der Waals surface area contributed by atoms with Crippen molar-refractivity contribution >= 4 is 16.0 Å². The predicted molar refractivity (Wildman–Crippen MR) is 84.7 cm³/mol. The highest BCUT2D eigenvalue weighted by molar-refractivity contribution is 7.89. The van der Waals surface area contributed by atoms with E-state index >= 15 is 0 Å². The molecule has 7 heteroatoms. The van der Waals surface area contributed by atoms with E-state index in [0.717, 1.165) is 5.56 Å². The monoisotopic (exact) mass is 335 g/mol. The van der Waals surface area contributed by atoms with Crippen molar-refractivity contribution in [3.63, 3.8) is 0 Å². The van der Waals surface area contributed by atoms with Gasteiger partial charge in [-0.1, -0.05) is 17.7 Å². The van der Waals surface area contributed by atoms with Gasteiger partial charge in [-0.05, 0) is 50.2 Å². The zero-order chi connectivity index (χ0) is 17.0. The second-order valence-electron chi connectivity index (χ2n) is 5.07. The lowest BCUT2D eigenvalue weighted by Gasteiger charge is -2.13. The van der Waals surface area contributed by atoms with Crippen LogP contribution in [0.25, 0.3) is 0 Å². The van der Waals surface area contributed by atoms with Gasteiger partial charge in [-0.2, -0.15) is 4.72 Å². The molecular weight excluding hydrogens is 318 g/mol. The summed E-state index contributed by atoms with van der Waals surface area (Å²) in [7, 11) is -3.81. The molecule has 2 aromatic carbocycles.